The van der Waals surface area contributed by atoms with Gasteiger partial charge in [0.05, 0.1) is 14.2 Å². The topological polar surface area (TPSA) is 82.1 Å². The van der Waals surface area contributed by atoms with Gasteiger partial charge < -0.3 is 19.1 Å². The molecule has 1 atom stereocenters. The standard InChI is InChI=1S/C28H25NO6/c1-19-9-12-21(13-10-19)29-23(14-11-20-7-5-4-6-8-20)35-28(17-15-22(30)16-18-28)24(26(31)33-2)25(29)27(32)34-3/h4-18,23H,1-3H3/b14-11+. The van der Waals surface area contributed by atoms with E-state index in [4.69, 9.17) is 14.2 Å². The van der Waals surface area contributed by atoms with Crippen molar-refractivity contribution in [1.29, 1.82) is 0 Å². The highest BCUT2D eigenvalue weighted by Gasteiger charge is 2.50. The van der Waals surface area contributed by atoms with Crippen molar-refractivity contribution < 1.29 is 28.6 Å². The van der Waals surface area contributed by atoms with Gasteiger partial charge in [-0.25, -0.2) is 9.59 Å². The lowest BCUT2D eigenvalue weighted by Gasteiger charge is -2.45. The number of nitrogens with zero attached hydrogens (tertiary/aromatic N) is 1. The van der Waals surface area contributed by atoms with E-state index in [2.05, 4.69) is 0 Å². The highest BCUT2D eigenvalue weighted by molar-refractivity contribution is 6.07. The second kappa shape index (κ2) is 9.95. The molecule has 2 aromatic carbocycles. The molecule has 1 aliphatic heterocycles. The summed E-state index contributed by atoms with van der Waals surface area (Å²) in [6, 6.07) is 17.0. The van der Waals surface area contributed by atoms with Crippen molar-refractivity contribution >= 4 is 29.5 Å². The zero-order chi connectivity index (χ0) is 25.0. The van der Waals surface area contributed by atoms with E-state index >= 15 is 0 Å². The first-order valence-electron chi connectivity index (χ1n) is 11.0. The average molecular weight is 472 g/mol. The molecule has 1 heterocycles. The van der Waals surface area contributed by atoms with Crippen LogP contribution in [0.1, 0.15) is 11.1 Å². The van der Waals surface area contributed by atoms with Crippen LogP contribution in [0.4, 0.5) is 5.69 Å². The number of aryl methyl sites for hydroxylation is 1. The Labute approximate surface area is 203 Å². The molecule has 0 saturated heterocycles. The minimum absolute atomic E-state index is 0.0409. The van der Waals surface area contributed by atoms with Crippen LogP contribution in [0.25, 0.3) is 6.08 Å². The van der Waals surface area contributed by atoms with Crippen LogP contribution in [-0.4, -0.2) is 43.8 Å². The number of ketones is 1. The number of ether oxygens (including phenoxy) is 3. The van der Waals surface area contributed by atoms with Gasteiger partial charge in [0.25, 0.3) is 0 Å². The lowest BCUT2D eigenvalue weighted by atomic mass is 9.85. The maximum atomic E-state index is 13.2. The maximum absolute atomic E-state index is 13.2. The molecule has 4 rings (SSSR count). The van der Waals surface area contributed by atoms with Crippen molar-refractivity contribution in [2.45, 2.75) is 18.8 Å². The Morgan fingerprint density at radius 2 is 1.57 bits per heavy atom. The van der Waals surface area contributed by atoms with Gasteiger partial charge in [-0.1, -0.05) is 54.1 Å². The molecule has 0 N–H and O–H groups in total. The summed E-state index contributed by atoms with van der Waals surface area (Å²) in [6.45, 7) is 1.95. The lowest BCUT2D eigenvalue weighted by molar-refractivity contribution is -0.143. The largest absolute Gasteiger partial charge is 0.465 e. The molecule has 2 aromatic rings. The second-order valence-corrected chi connectivity index (χ2v) is 8.05. The molecule has 0 fully saturated rings. The van der Waals surface area contributed by atoms with Crippen LogP contribution >= 0.6 is 0 Å². The second-order valence-electron chi connectivity index (χ2n) is 8.05. The zero-order valence-electron chi connectivity index (χ0n) is 19.6. The number of methoxy groups -OCH3 is 2. The molecule has 2 aliphatic rings. The van der Waals surface area contributed by atoms with Crippen LogP contribution in [0.5, 0.6) is 0 Å². The van der Waals surface area contributed by atoms with Gasteiger partial charge in [-0.05, 0) is 55.0 Å². The Bertz CT molecular complexity index is 1240. The highest BCUT2D eigenvalue weighted by Crippen LogP contribution is 2.42. The lowest BCUT2D eigenvalue weighted by Crippen LogP contribution is -2.54. The number of benzene rings is 2. The van der Waals surface area contributed by atoms with Crippen LogP contribution in [0.3, 0.4) is 0 Å². The number of allylic oxidation sites excluding steroid dienone is 2. The quantitative estimate of drug-likeness (QED) is 0.612. The van der Waals surface area contributed by atoms with Gasteiger partial charge in [0, 0.05) is 5.69 Å². The normalized spacial score (nSPS) is 18.9. The Morgan fingerprint density at radius 1 is 0.943 bits per heavy atom. The van der Waals surface area contributed by atoms with Crippen molar-refractivity contribution in [3.05, 3.63) is 107 Å². The van der Waals surface area contributed by atoms with E-state index in [0.717, 1.165) is 11.1 Å². The van der Waals surface area contributed by atoms with Crippen molar-refractivity contribution in [2.24, 2.45) is 0 Å². The first-order chi connectivity index (χ1) is 16.9. The maximum Gasteiger partial charge on any atom is 0.355 e. The summed E-state index contributed by atoms with van der Waals surface area (Å²) < 4.78 is 16.7. The number of carbonyl (C=O) groups is 3. The van der Waals surface area contributed by atoms with E-state index < -0.39 is 23.8 Å². The third-order valence-electron chi connectivity index (χ3n) is 5.76. The van der Waals surface area contributed by atoms with Crippen molar-refractivity contribution in [3.63, 3.8) is 0 Å². The number of anilines is 1. The molecule has 35 heavy (non-hydrogen) atoms. The SMILES string of the molecule is COC(=O)C1=C(C(=O)OC)C2(C=CC(=O)C=C2)OC(/C=C/c2ccccc2)N1c1ccc(C)cc1. The molecular weight excluding hydrogens is 446 g/mol. The van der Waals surface area contributed by atoms with E-state index in [0.29, 0.717) is 5.69 Å². The summed E-state index contributed by atoms with van der Waals surface area (Å²) in [5, 5.41) is 0. The fourth-order valence-electron chi connectivity index (χ4n) is 4.03. The van der Waals surface area contributed by atoms with E-state index in [9.17, 15) is 14.4 Å². The third kappa shape index (κ3) is 4.72. The molecular formula is C28H25NO6. The van der Waals surface area contributed by atoms with Crippen LogP contribution in [0.2, 0.25) is 0 Å². The first kappa shape index (κ1) is 23.9. The molecule has 7 nitrogen and oxygen atoms in total. The van der Waals surface area contributed by atoms with Crippen LogP contribution in [0.15, 0.2) is 96.2 Å². The summed E-state index contributed by atoms with van der Waals surface area (Å²) in [5.41, 5.74) is 0.902. The molecule has 0 bridgehead atoms. The number of rotatable bonds is 5. The van der Waals surface area contributed by atoms with Crippen molar-refractivity contribution in [3.8, 4) is 0 Å². The van der Waals surface area contributed by atoms with Gasteiger partial charge in [0.15, 0.2) is 12.0 Å². The summed E-state index contributed by atoms with van der Waals surface area (Å²) in [7, 11) is 2.46. The Morgan fingerprint density at radius 3 is 2.17 bits per heavy atom. The smallest absolute Gasteiger partial charge is 0.355 e. The van der Waals surface area contributed by atoms with Gasteiger partial charge in [-0.15, -0.1) is 0 Å². The molecule has 0 saturated carbocycles. The van der Waals surface area contributed by atoms with Crippen molar-refractivity contribution in [2.75, 3.05) is 19.1 Å². The minimum Gasteiger partial charge on any atom is -0.465 e. The first-order valence-corrected chi connectivity index (χ1v) is 11.0. The fourth-order valence-corrected chi connectivity index (χ4v) is 4.03. The Kier molecular flexibility index (Phi) is 6.80. The van der Waals surface area contributed by atoms with Crippen molar-refractivity contribution in [1.82, 2.24) is 0 Å². The third-order valence-corrected chi connectivity index (χ3v) is 5.76. The van der Waals surface area contributed by atoms with Crippen LogP contribution in [-0.2, 0) is 28.6 Å². The summed E-state index contributed by atoms with van der Waals surface area (Å²) in [4.78, 5) is 39.9. The minimum atomic E-state index is -1.52. The average Bonchev–Trinajstić information content (AvgIpc) is 2.89. The fraction of sp³-hybridized carbons (Fsp3) is 0.179. The molecule has 1 unspecified atom stereocenters. The Balaban J connectivity index is 1.99. The van der Waals surface area contributed by atoms with E-state index in [1.807, 2.05) is 67.6 Å². The van der Waals surface area contributed by atoms with E-state index in [1.54, 1.807) is 11.0 Å². The van der Waals surface area contributed by atoms with Crippen LogP contribution < -0.4 is 4.90 Å². The Hall–Kier alpha value is -4.23. The zero-order valence-corrected chi connectivity index (χ0v) is 19.6. The number of hydrogen-bond acceptors (Lipinski definition) is 7. The molecule has 0 amide bonds. The molecule has 1 spiro atoms. The molecule has 7 heteroatoms. The van der Waals surface area contributed by atoms with Gasteiger partial charge in [0.1, 0.15) is 16.9 Å². The van der Waals surface area contributed by atoms with E-state index in [1.165, 1.54) is 38.5 Å². The molecule has 178 valence electrons. The van der Waals surface area contributed by atoms with E-state index in [-0.39, 0.29) is 17.1 Å². The number of carbonyl (C=O) groups excluding carboxylic acids is 3. The molecule has 0 aromatic heterocycles. The number of hydrogen-bond donors (Lipinski definition) is 0. The van der Waals surface area contributed by atoms with Gasteiger partial charge >= 0.3 is 11.9 Å². The predicted molar refractivity (Wildman–Crippen MR) is 131 cm³/mol. The van der Waals surface area contributed by atoms with Gasteiger partial charge in [-0.3, -0.25) is 4.79 Å². The summed E-state index contributed by atoms with van der Waals surface area (Å²) in [6.07, 6.45) is 8.32. The van der Waals surface area contributed by atoms with Crippen LogP contribution in [0, 0.1) is 6.92 Å². The summed E-state index contributed by atoms with van der Waals surface area (Å²) >= 11 is 0. The van der Waals surface area contributed by atoms with Gasteiger partial charge in [-0.2, -0.15) is 0 Å². The molecule has 1 aliphatic carbocycles. The summed E-state index contributed by atoms with van der Waals surface area (Å²) in [5.74, 6) is -1.79. The number of esters is 2. The predicted octanol–water partition coefficient (Wildman–Crippen LogP) is 3.91. The van der Waals surface area contributed by atoms with Gasteiger partial charge in [0.2, 0.25) is 0 Å². The highest BCUT2D eigenvalue weighted by atomic mass is 16.6. The monoisotopic (exact) mass is 471 g/mol. The molecule has 0 radical (unpaired) electrons.